The molecule has 102 valence electrons. The molecule has 4 nitrogen and oxygen atoms in total. The van der Waals surface area contributed by atoms with Gasteiger partial charge in [-0.3, -0.25) is 4.98 Å². The molecular formula is C14H24N2O2. The number of aromatic nitrogens is 1. The number of pyridine rings is 1. The fraction of sp³-hybridized carbons (Fsp3) is 0.643. The molecule has 0 aliphatic heterocycles. The largest absolute Gasteiger partial charge is 0.506 e. The Morgan fingerprint density at radius 3 is 2.78 bits per heavy atom. The van der Waals surface area contributed by atoms with Crippen LogP contribution in [0.3, 0.4) is 0 Å². The van der Waals surface area contributed by atoms with Gasteiger partial charge in [0.1, 0.15) is 5.75 Å². The Morgan fingerprint density at radius 2 is 2.17 bits per heavy atom. The van der Waals surface area contributed by atoms with Crippen LogP contribution in [0.15, 0.2) is 6.20 Å². The Morgan fingerprint density at radius 1 is 1.44 bits per heavy atom. The van der Waals surface area contributed by atoms with E-state index in [1.54, 1.807) is 13.1 Å². The zero-order valence-corrected chi connectivity index (χ0v) is 11.5. The lowest BCUT2D eigenvalue weighted by atomic mass is 10.1. The Kier molecular flexibility index (Phi) is 6.09. The van der Waals surface area contributed by atoms with Crippen molar-refractivity contribution < 1.29 is 10.2 Å². The van der Waals surface area contributed by atoms with Crippen LogP contribution in [0, 0.1) is 6.92 Å². The van der Waals surface area contributed by atoms with Crippen molar-refractivity contribution in [3.8, 4) is 5.75 Å². The number of unbranched alkanes of at least 4 members (excludes halogenated alkanes) is 1. The molecule has 1 aromatic rings. The van der Waals surface area contributed by atoms with Crippen LogP contribution >= 0.6 is 0 Å². The van der Waals surface area contributed by atoms with Crippen LogP contribution in [0.25, 0.3) is 0 Å². The second-order valence-corrected chi connectivity index (χ2v) is 4.78. The molecule has 0 spiro atoms. The first kappa shape index (κ1) is 14.9. The number of rotatable bonds is 7. The van der Waals surface area contributed by atoms with Gasteiger partial charge >= 0.3 is 0 Å². The molecule has 0 saturated heterocycles. The first-order valence-electron chi connectivity index (χ1n) is 6.60. The summed E-state index contributed by atoms with van der Waals surface area (Å²) in [5.74, 6) is 0.191. The van der Waals surface area contributed by atoms with Crippen molar-refractivity contribution in [1.29, 1.82) is 0 Å². The van der Waals surface area contributed by atoms with E-state index in [0.717, 1.165) is 12.0 Å². The smallest absolute Gasteiger partial charge is 0.141 e. The van der Waals surface area contributed by atoms with Crippen molar-refractivity contribution in [2.45, 2.75) is 59.2 Å². The van der Waals surface area contributed by atoms with Gasteiger partial charge in [-0.1, -0.05) is 19.8 Å². The number of aliphatic hydroxyl groups excluding tert-OH is 1. The van der Waals surface area contributed by atoms with E-state index in [-0.39, 0.29) is 12.4 Å². The van der Waals surface area contributed by atoms with E-state index in [9.17, 15) is 10.2 Å². The summed E-state index contributed by atoms with van der Waals surface area (Å²) < 4.78 is 0. The molecule has 1 aromatic heterocycles. The number of hydrogen-bond acceptors (Lipinski definition) is 4. The van der Waals surface area contributed by atoms with Crippen LogP contribution in [0.4, 0.5) is 0 Å². The molecule has 0 radical (unpaired) electrons. The molecule has 0 aliphatic carbocycles. The van der Waals surface area contributed by atoms with Gasteiger partial charge in [0, 0.05) is 29.9 Å². The van der Waals surface area contributed by atoms with E-state index >= 15 is 0 Å². The van der Waals surface area contributed by atoms with Gasteiger partial charge in [-0.2, -0.15) is 0 Å². The van der Waals surface area contributed by atoms with Crippen molar-refractivity contribution >= 4 is 0 Å². The van der Waals surface area contributed by atoms with Gasteiger partial charge in [-0.05, 0) is 20.3 Å². The standard InChI is InChI=1S/C14H24N2O2/c1-4-5-6-10(2)15-8-13-12(9-17)7-16-11(3)14(13)18/h7,10,15,17-18H,4-6,8-9H2,1-3H3. The molecule has 18 heavy (non-hydrogen) atoms. The van der Waals surface area contributed by atoms with Crippen LogP contribution < -0.4 is 5.32 Å². The summed E-state index contributed by atoms with van der Waals surface area (Å²) in [5.41, 5.74) is 2.05. The topological polar surface area (TPSA) is 65.4 Å². The van der Waals surface area contributed by atoms with Gasteiger partial charge in [-0.25, -0.2) is 0 Å². The minimum absolute atomic E-state index is 0.0960. The fourth-order valence-electron chi connectivity index (χ4n) is 1.91. The highest BCUT2D eigenvalue weighted by Gasteiger charge is 2.12. The van der Waals surface area contributed by atoms with Crippen LogP contribution in [-0.4, -0.2) is 21.2 Å². The zero-order valence-electron chi connectivity index (χ0n) is 11.5. The van der Waals surface area contributed by atoms with Crippen molar-refractivity contribution in [3.05, 3.63) is 23.0 Å². The molecule has 0 saturated carbocycles. The predicted octanol–water partition coefficient (Wildman–Crippen LogP) is 2.26. The molecule has 4 heteroatoms. The summed E-state index contributed by atoms with van der Waals surface area (Å²) in [4.78, 5) is 4.05. The quantitative estimate of drug-likeness (QED) is 0.696. The van der Waals surface area contributed by atoms with Crippen LogP contribution in [0.5, 0.6) is 5.75 Å². The maximum absolute atomic E-state index is 9.98. The maximum atomic E-state index is 9.98. The molecule has 1 heterocycles. The summed E-state index contributed by atoms with van der Waals surface area (Å²) in [6.07, 6.45) is 5.13. The van der Waals surface area contributed by atoms with E-state index < -0.39 is 0 Å². The lowest BCUT2D eigenvalue weighted by molar-refractivity contribution is 0.278. The molecule has 0 fully saturated rings. The zero-order chi connectivity index (χ0) is 13.5. The number of hydrogen-bond donors (Lipinski definition) is 3. The summed E-state index contributed by atoms with van der Waals surface area (Å²) in [6, 6.07) is 0.407. The molecule has 3 N–H and O–H groups in total. The van der Waals surface area contributed by atoms with E-state index in [4.69, 9.17) is 0 Å². The maximum Gasteiger partial charge on any atom is 0.141 e. The van der Waals surface area contributed by atoms with Crippen LogP contribution in [0.1, 0.15) is 49.9 Å². The van der Waals surface area contributed by atoms with E-state index in [1.165, 1.54) is 12.8 Å². The number of aromatic hydroxyl groups is 1. The van der Waals surface area contributed by atoms with Crippen LogP contribution in [-0.2, 0) is 13.2 Å². The number of aryl methyl sites for hydroxylation is 1. The van der Waals surface area contributed by atoms with Gasteiger partial charge in [0.05, 0.1) is 12.3 Å². The van der Waals surface area contributed by atoms with Gasteiger partial charge < -0.3 is 15.5 Å². The highest BCUT2D eigenvalue weighted by Crippen LogP contribution is 2.23. The highest BCUT2D eigenvalue weighted by atomic mass is 16.3. The van der Waals surface area contributed by atoms with Gasteiger partial charge in [-0.15, -0.1) is 0 Å². The molecule has 0 aromatic carbocycles. The van der Waals surface area contributed by atoms with Crippen molar-refractivity contribution in [2.75, 3.05) is 0 Å². The molecular weight excluding hydrogens is 228 g/mol. The first-order chi connectivity index (χ1) is 8.60. The van der Waals surface area contributed by atoms with E-state index in [2.05, 4.69) is 24.1 Å². The summed E-state index contributed by atoms with van der Waals surface area (Å²) in [6.45, 7) is 6.55. The third-order valence-corrected chi connectivity index (χ3v) is 3.22. The molecule has 1 rings (SSSR count). The van der Waals surface area contributed by atoms with Gasteiger partial charge in [0.2, 0.25) is 0 Å². The van der Waals surface area contributed by atoms with Crippen molar-refractivity contribution in [3.63, 3.8) is 0 Å². The Bertz CT molecular complexity index is 380. The molecule has 1 atom stereocenters. The van der Waals surface area contributed by atoms with Crippen LogP contribution in [0.2, 0.25) is 0 Å². The second-order valence-electron chi connectivity index (χ2n) is 4.78. The molecule has 0 bridgehead atoms. The third-order valence-electron chi connectivity index (χ3n) is 3.22. The monoisotopic (exact) mass is 252 g/mol. The van der Waals surface area contributed by atoms with Gasteiger partial charge in [0.15, 0.2) is 0 Å². The predicted molar refractivity (Wildman–Crippen MR) is 72.4 cm³/mol. The normalized spacial score (nSPS) is 12.7. The minimum atomic E-state index is -0.0960. The minimum Gasteiger partial charge on any atom is -0.506 e. The summed E-state index contributed by atoms with van der Waals surface area (Å²) in [7, 11) is 0. The average molecular weight is 252 g/mol. The number of nitrogens with zero attached hydrogens (tertiary/aromatic N) is 1. The SMILES string of the molecule is CCCCC(C)NCc1c(CO)cnc(C)c1O. The first-order valence-corrected chi connectivity index (χ1v) is 6.60. The molecule has 0 amide bonds. The molecule has 1 unspecified atom stereocenters. The lowest BCUT2D eigenvalue weighted by Crippen LogP contribution is -2.26. The highest BCUT2D eigenvalue weighted by molar-refractivity contribution is 5.40. The Labute approximate surface area is 109 Å². The van der Waals surface area contributed by atoms with E-state index in [0.29, 0.717) is 23.8 Å². The number of aliphatic hydroxyl groups is 1. The summed E-state index contributed by atoms with van der Waals surface area (Å²) in [5, 5.41) is 22.6. The van der Waals surface area contributed by atoms with Crippen molar-refractivity contribution in [1.82, 2.24) is 10.3 Å². The Balaban J connectivity index is 2.68. The average Bonchev–Trinajstić information content (AvgIpc) is 2.38. The van der Waals surface area contributed by atoms with E-state index in [1.807, 2.05) is 0 Å². The summed E-state index contributed by atoms with van der Waals surface area (Å²) >= 11 is 0. The fourth-order valence-corrected chi connectivity index (χ4v) is 1.91. The lowest BCUT2D eigenvalue weighted by Gasteiger charge is -2.16. The van der Waals surface area contributed by atoms with Gasteiger partial charge in [0.25, 0.3) is 0 Å². The van der Waals surface area contributed by atoms with Crippen molar-refractivity contribution in [2.24, 2.45) is 0 Å². The number of nitrogens with one attached hydrogen (secondary N) is 1. The molecule has 0 aliphatic rings. The second kappa shape index (κ2) is 7.34. The third kappa shape index (κ3) is 3.96. The Hall–Kier alpha value is -1.13.